The van der Waals surface area contributed by atoms with Gasteiger partial charge in [0.05, 0.1) is 23.9 Å². The summed E-state index contributed by atoms with van der Waals surface area (Å²) in [6.07, 6.45) is 0. The van der Waals surface area contributed by atoms with Crippen LogP contribution < -0.4 is 10.2 Å². The number of hydrogen-bond donors (Lipinski definition) is 0. The van der Waals surface area contributed by atoms with Crippen LogP contribution in [0.3, 0.4) is 0 Å². The molecule has 1 heterocycles. The van der Waals surface area contributed by atoms with Gasteiger partial charge >= 0.3 is 7.12 Å². The monoisotopic (exact) mass is 374 g/mol. The summed E-state index contributed by atoms with van der Waals surface area (Å²) >= 11 is 0. The maximum atomic E-state index is 15.1. The number of carbonyl (C=O) groups is 1. The first-order valence-electron chi connectivity index (χ1n) is 8.59. The summed E-state index contributed by atoms with van der Waals surface area (Å²) in [5, 5.41) is 0. The summed E-state index contributed by atoms with van der Waals surface area (Å²) in [4.78, 5) is 13.0. The highest BCUT2D eigenvalue weighted by atomic mass is 19.1. The average Bonchev–Trinajstić information content (AvgIpc) is 2.82. The molecule has 0 bridgehead atoms. The van der Waals surface area contributed by atoms with Gasteiger partial charge in [-0.25, -0.2) is 8.78 Å². The fourth-order valence-corrected chi connectivity index (χ4v) is 2.87. The molecule has 0 radical (unpaired) electrons. The second kappa shape index (κ2) is 6.73. The minimum Gasteiger partial charge on any atom is -0.494 e. The lowest BCUT2D eigenvalue weighted by atomic mass is 9.74. The van der Waals surface area contributed by atoms with Crippen molar-refractivity contribution in [3.63, 3.8) is 0 Å². The molecule has 0 unspecified atom stereocenters. The average molecular weight is 374 g/mol. The lowest BCUT2D eigenvalue weighted by molar-refractivity contribution is 0.00578. The molecule has 4 nitrogen and oxygen atoms in total. The molecule has 1 aliphatic rings. The molecule has 1 aliphatic heterocycles. The number of halogens is 2. The molecule has 1 fully saturated rings. The Morgan fingerprint density at radius 3 is 2.04 bits per heavy atom. The van der Waals surface area contributed by atoms with Crippen LogP contribution in [0.4, 0.5) is 8.78 Å². The molecular weight excluding hydrogens is 353 g/mol. The van der Waals surface area contributed by atoms with E-state index in [0.717, 1.165) is 12.1 Å². The van der Waals surface area contributed by atoms with Gasteiger partial charge in [-0.05, 0) is 63.5 Å². The second-order valence-corrected chi connectivity index (χ2v) is 7.47. The van der Waals surface area contributed by atoms with Crippen molar-refractivity contribution in [2.24, 2.45) is 0 Å². The normalized spacial score (nSPS) is 17.8. The standard InChI is InChI=1S/C20H21BF2O4/c1-19(2)20(3,4)27-21(26-19)14-10-11-15(25-5)17(23)16(14)18(24)12-6-8-13(22)9-7-12/h6-11H,1-5H3. The molecule has 142 valence electrons. The van der Waals surface area contributed by atoms with Gasteiger partial charge in [0.2, 0.25) is 0 Å². The molecule has 0 amide bonds. The van der Waals surface area contributed by atoms with Gasteiger partial charge in [0, 0.05) is 5.56 Å². The van der Waals surface area contributed by atoms with E-state index < -0.39 is 35.7 Å². The highest BCUT2D eigenvalue weighted by molar-refractivity contribution is 6.64. The van der Waals surface area contributed by atoms with Gasteiger partial charge in [0.25, 0.3) is 0 Å². The largest absolute Gasteiger partial charge is 0.495 e. The summed E-state index contributed by atoms with van der Waals surface area (Å²) < 4.78 is 45.2. The van der Waals surface area contributed by atoms with Crippen LogP contribution >= 0.6 is 0 Å². The highest BCUT2D eigenvalue weighted by Crippen LogP contribution is 2.37. The van der Waals surface area contributed by atoms with E-state index in [9.17, 15) is 9.18 Å². The van der Waals surface area contributed by atoms with Crippen LogP contribution in [0.15, 0.2) is 36.4 Å². The Kier molecular flexibility index (Phi) is 4.86. The van der Waals surface area contributed by atoms with E-state index in [2.05, 4.69) is 0 Å². The Labute approximate surface area is 157 Å². The van der Waals surface area contributed by atoms with E-state index in [1.807, 2.05) is 27.7 Å². The van der Waals surface area contributed by atoms with Crippen LogP contribution in [0, 0.1) is 11.6 Å². The molecule has 3 rings (SSSR count). The minimum absolute atomic E-state index is 0.0688. The molecular formula is C20H21BF2O4. The van der Waals surface area contributed by atoms with Crippen LogP contribution in [0.1, 0.15) is 43.6 Å². The second-order valence-electron chi connectivity index (χ2n) is 7.47. The summed E-state index contributed by atoms with van der Waals surface area (Å²) in [5.74, 6) is -1.96. The van der Waals surface area contributed by atoms with E-state index in [4.69, 9.17) is 14.0 Å². The van der Waals surface area contributed by atoms with Gasteiger partial charge in [0.15, 0.2) is 17.3 Å². The predicted molar refractivity (Wildman–Crippen MR) is 98.5 cm³/mol. The maximum absolute atomic E-state index is 15.1. The van der Waals surface area contributed by atoms with Crippen LogP contribution in [0.25, 0.3) is 0 Å². The van der Waals surface area contributed by atoms with E-state index in [-0.39, 0.29) is 22.3 Å². The van der Waals surface area contributed by atoms with E-state index in [1.165, 1.54) is 25.3 Å². The van der Waals surface area contributed by atoms with Gasteiger partial charge in [-0.15, -0.1) is 0 Å². The highest BCUT2D eigenvalue weighted by Gasteiger charge is 2.52. The topological polar surface area (TPSA) is 44.8 Å². The molecule has 2 aromatic carbocycles. The molecule has 0 saturated carbocycles. The van der Waals surface area contributed by atoms with Crippen molar-refractivity contribution >= 4 is 18.4 Å². The minimum atomic E-state index is -0.921. The van der Waals surface area contributed by atoms with Gasteiger partial charge < -0.3 is 14.0 Å². The van der Waals surface area contributed by atoms with Gasteiger partial charge in [-0.1, -0.05) is 6.07 Å². The number of benzene rings is 2. The molecule has 0 spiro atoms. The zero-order valence-electron chi connectivity index (χ0n) is 15.9. The Hall–Kier alpha value is -2.25. The first-order valence-corrected chi connectivity index (χ1v) is 8.59. The summed E-state index contributed by atoms with van der Waals surface area (Å²) in [6.45, 7) is 7.48. The Balaban J connectivity index is 2.12. The molecule has 2 aromatic rings. The quantitative estimate of drug-likeness (QED) is 0.607. The number of methoxy groups -OCH3 is 1. The molecule has 27 heavy (non-hydrogen) atoms. The van der Waals surface area contributed by atoms with Crippen molar-refractivity contribution < 1.29 is 27.6 Å². The van der Waals surface area contributed by atoms with Gasteiger partial charge in [0.1, 0.15) is 5.82 Å². The van der Waals surface area contributed by atoms with E-state index >= 15 is 4.39 Å². The zero-order chi connectivity index (χ0) is 20.0. The first kappa shape index (κ1) is 19.5. The number of ether oxygens (including phenoxy) is 1. The van der Waals surface area contributed by atoms with Gasteiger partial charge in [-0.2, -0.15) is 0 Å². The fourth-order valence-electron chi connectivity index (χ4n) is 2.87. The molecule has 0 atom stereocenters. The smallest absolute Gasteiger partial charge is 0.494 e. The number of rotatable bonds is 4. The summed E-state index contributed by atoms with van der Waals surface area (Å²) in [6, 6.07) is 7.91. The molecule has 7 heteroatoms. The van der Waals surface area contributed by atoms with E-state index in [0.29, 0.717) is 0 Å². The fraction of sp³-hybridized carbons (Fsp3) is 0.350. The third-order valence-electron chi connectivity index (χ3n) is 5.20. The Morgan fingerprint density at radius 2 is 1.52 bits per heavy atom. The lowest BCUT2D eigenvalue weighted by Crippen LogP contribution is -2.41. The van der Waals surface area contributed by atoms with Crippen LogP contribution in [-0.4, -0.2) is 31.2 Å². The van der Waals surface area contributed by atoms with Gasteiger partial charge in [-0.3, -0.25) is 4.79 Å². The van der Waals surface area contributed by atoms with Crippen LogP contribution in [0.5, 0.6) is 5.75 Å². The van der Waals surface area contributed by atoms with Crippen LogP contribution in [-0.2, 0) is 9.31 Å². The SMILES string of the molecule is COc1ccc(B2OC(C)(C)C(C)(C)O2)c(C(=O)c2ccc(F)cc2)c1F. The molecule has 1 saturated heterocycles. The lowest BCUT2D eigenvalue weighted by Gasteiger charge is -2.32. The zero-order valence-corrected chi connectivity index (χ0v) is 15.9. The summed E-state index contributed by atoms with van der Waals surface area (Å²) in [7, 11) is 0.397. The summed E-state index contributed by atoms with van der Waals surface area (Å²) in [5.41, 5.74) is -1.09. The van der Waals surface area contributed by atoms with Crippen molar-refractivity contribution in [2.45, 2.75) is 38.9 Å². The Bertz CT molecular complexity index is 862. The van der Waals surface area contributed by atoms with Crippen molar-refractivity contribution in [3.8, 4) is 5.75 Å². The Morgan fingerprint density at radius 1 is 0.963 bits per heavy atom. The van der Waals surface area contributed by atoms with Crippen molar-refractivity contribution in [3.05, 3.63) is 59.2 Å². The number of carbonyl (C=O) groups excluding carboxylic acids is 1. The van der Waals surface area contributed by atoms with E-state index in [1.54, 1.807) is 6.07 Å². The number of ketones is 1. The van der Waals surface area contributed by atoms with Crippen molar-refractivity contribution in [1.82, 2.24) is 0 Å². The third-order valence-corrected chi connectivity index (χ3v) is 5.20. The third kappa shape index (κ3) is 3.37. The first-order chi connectivity index (χ1) is 12.6. The number of hydrogen-bond acceptors (Lipinski definition) is 4. The molecule has 0 N–H and O–H groups in total. The van der Waals surface area contributed by atoms with Crippen molar-refractivity contribution in [2.75, 3.05) is 7.11 Å². The molecule has 0 aromatic heterocycles. The molecule has 0 aliphatic carbocycles. The van der Waals surface area contributed by atoms with Crippen LogP contribution in [0.2, 0.25) is 0 Å². The predicted octanol–water partition coefficient (Wildman–Crippen LogP) is 3.50. The van der Waals surface area contributed by atoms with Crippen molar-refractivity contribution in [1.29, 1.82) is 0 Å². The maximum Gasteiger partial charge on any atom is 0.495 e.